The minimum Gasteiger partial charge on any atom is -0.396 e. The van der Waals surface area contributed by atoms with Crippen molar-refractivity contribution >= 4 is 17.3 Å². The zero-order chi connectivity index (χ0) is 14.7. The van der Waals surface area contributed by atoms with Gasteiger partial charge in [0.15, 0.2) is 0 Å². The maximum absolute atomic E-state index is 13.1. The molecule has 1 saturated carbocycles. The average Bonchev–Trinajstić information content (AvgIpc) is 3.17. The molecule has 0 atom stereocenters. The number of hydrogen-bond acceptors (Lipinski definition) is 3. The fourth-order valence-electron chi connectivity index (χ4n) is 2.10. The first-order valence-corrected chi connectivity index (χ1v) is 7.04. The van der Waals surface area contributed by atoms with Crippen molar-refractivity contribution in [2.24, 2.45) is 5.92 Å². The van der Waals surface area contributed by atoms with Crippen molar-refractivity contribution in [3.63, 3.8) is 0 Å². The minimum absolute atomic E-state index is 0.0431. The topological polar surface area (TPSA) is 58.4 Å². The third kappa shape index (κ3) is 4.20. The van der Waals surface area contributed by atoms with Gasteiger partial charge in [-0.05, 0) is 50.8 Å². The van der Waals surface area contributed by atoms with Gasteiger partial charge in [-0.25, -0.2) is 4.39 Å². The number of nitrogens with two attached hydrogens (primary N) is 1. The molecule has 1 aromatic rings. The SMILES string of the molecule is CC(C)N(CC(=O)Nc1ccc(F)c(N)c1)CC1CC1. The van der Waals surface area contributed by atoms with Gasteiger partial charge in [0, 0.05) is 18.3 Å². The molecule has 0 unspecified atom stereocenters. The van der Waals surface area contributed by atoms with Gasteiger partial charge in [-0.15, -0.1) is 0 Å². The molecule has 4 nitrogen and oxygen atoms in total. The van der Waals surface area contributed by atoms with Crippen LogP contribution in [0.3, 0.4) is 0 Å². The first-order valence-electron chi connectivity index (χ1n) is 7.04. The monoisotopic (exact) mass is 279 g/mol. The Morgan fingerprint density at radius 3 is 2.75 bits per heavy atom. The molecule has 3 N–H and O–H groups in total. The zero-order valence-electron chi connectivity index (χ0n) is 12.0. The van der Waals surface area contributed by atoms with E-state index in [2.05, 4.69) is 24.1 Å². The van der Waals surface area contributed by atoms with E-state index in [1.165, 1.54) is 31.0 Å². The van der Waals surface area contributed by atoms with Crippen LogP contribution in [0.1, 0.15) is 26.7 Å². The van der Waals surface area contributed by atoms with Crippen LogP contribution in [-0.4, -0.2) is 29.9 Å². The molecule has 0 heterocycles. The predicted octanol–water partition coefficient (Wildman–Crippen LogP) is 2.47. The maximum atomic E-state index is 13.1. The molecule has 1 aromatic carbocycles. The van der Waals surface area contributed by atoms with Crippen LogP contribution in [-0.2, 0) is 4.79 Å². The number of carbonyl (C=O) groups excluding carboxylic acids is 1. The molecule has 0 aliphatic heterocycles. The molecular formula is C15H22FN3O. The lowest BCUT2D eigenvalue weighted by Gasteiger charge is -2.25. The Morgan fingerprint density at radius 1 is 1.50 bits per heavy atom. The number of nitrogens with zero attached hydrogens (tertiary/aromatic N) is 1. The second kappa shape index (κ2) is 6.22. The van der Waals surface area contributed by atoms with Gasteiger partial charge in [0.05, 0.1) is 12.2 Å². The highest BCUT2D eigenvalue weighted by atomic mass is 19.1. The predicted molar refractivity (Wildman–Crippen MR) is 78.9 cm³/mol. The summed E-state index contributed by atoms with van der Waals surface area (Å²) < 4.78 is 13.1. The van der Waals surface area contributed by atoms with Crippen molar-refractivity contribution in [1.29, 1.82) is 0 Å². The van der Waals surface area contributed by atoms with Gasteiger partial charge in [-0.1, -0.05) is 0 Å². The highest BCUT2D eigenvalue weighted by Crippen LogP contribution is 2.30. The van der Waals surface area contributed by atoms with Crippen LogP contribution in [0.5, 0.6) is 0 Å². The molecule has 1 aliphatic carbocycles. The average molecular weight is 279 g/mol. The van der Waals surface area contributed by atoms with Crippen LogP contribution < -0.4 is 11.1 Å². The smallest absolute Gasteiger partial charge is 0.238 e. The van der Waals surface area contributed by atoms with Crippen LogP contribution in [0.25, 0.3) is 0 Å². The number of anilines is 2. The number of halogens is 1. The fourth-order valence-corrected chi connectivity index (χ4v) is 2.10. The summed E-state index contributed by atoms with van der Waals surface area (Å²) in [4.78, 5) is 14.2. The van der Waals surface area contributed by atoms with Gasteiger partial charge in [0.2, 0.25) is 5.91 Å². The van der Waals surface area contributed by atoms with E-state index in [0.717, 1.165) is 12.5 Å². The highest BCUT2D eigenvalue weighted by Gasteiger charge is 2.26. The zero-order valence-corrected chi connectivity index (χ0v) is 12.0. The third-order valence-corrected chi connectivity index (χ3v) is 3.55. The molecule has 1 fully saturated rings. The summed E-state index contributed by atoms with van der Waals surface area (Å²) in [6.45, 7) is 5.50. The van der Waals surface area contributed by atoms with Crippen molar-refractivity contribution < 1.29 is 9.18 Å². The van der Waals surface area contributed by atoms with E-state index in [0.29, 0.717) is 18.3 Å². The number of amides is 1. The Labute approximate surface area is 119 Å². The summed E-state index contributed by atoms with van der Waals surface area (Å²) in [5.41, 5.74) is 6.06. The summed E-state index contributed by atoms with van der Waals surface area (Å²) in [7, 11) is 0. The van der Waals surface area contributed by atoms with Crippen molar-refractivity contribution in [2.75, 3.05) is 24.1 Å². The third-order valence-electron chi connectivity index (χ3n) is 3.55. The van der Waals surface area contributed by atoms with Crippen LogP contribution in [0.15, 0.2) is 18.2 Å². The Balaban J connectivity index is 1.90. The van der Waals surface area contributed by atoms with Gasteiger partial charge in [0.25, 0.3) is 0 Å². The molecule has 110 valence electrons. The van der Waals surface area contributed by atoms with Crippen LogP contribution in [0, 0.1) is 11.7 Å². The molecule has 2 rings (SSSR count). The Bertz CT molecular complexity index is 486. The van der Waals surface area contributed by atoms with Crippen molar-refractivity contribution in [2.45, 2.75) is 32.7 Å². The molecule has 20 heavy (non-hydrogen) atoms. The number of nitrogen functional groups attached to an aromatic ring is 1. The summed E-state index contributed by atoms with van der Waals surface area (Å²) in [6.07, 6.45) is 2.53. The molecule has 0 bridgehead atoms. The number of hydrogen-bond donors (Lipinski definition) is 2. The maximum Gasteiger partial charge on any atom is 0.238 e. The lowest BCUT2D eigenvalue weighted by atomic mass is 10.2. The van der Waals surface area contributed by atoms with Gasteiger partial charge in [-0.2, -0.15) is 0 Å². The van der Waals surface area contributed by atoms with Crippen LogP contribution >= 0.6 is 0 Å². The lowest BCUT2D eigenvalue weighted by Crippen LogP contribution is -2.39. The van der Waals surface area contributed by atoms with E-state index in [1.807, 2.05) is 0 Å². The van der Waals surface area contributed by atoms with E-state index in [-0.39, 0.29) is 11.6 Å². The van der Waals surface area contributed by atoms with Gasteiger partial charge in [-0.3, -0.25) is 9.69 Å². The number of benzene rings is 1. The van der Waals surface area contributed by atoms with Crippen molar-refractivity contribution in [1.82, 2.24) is 4.90 Å². The van der Waals surface area contributed by atoms with Crippen LogP contribution in [0.4, 0.5) is 15.8 Å². The summed E-state index contributed by atoms with van der Waals surface area (Å²) in [5.74, 6) is 0.178. The summed E-state index contributed by atoms with van der Waals surface area (Å²) in [6, 6.07) is 4.55. The summed E-state index contributed by atoms with van der Waals surface area (Å²) >= 11 is 0. The second-order valence-electron chi connectivity index (χ2n) is 5.75. The molecule has 1 aliphatic rings. The number of carbonyl (C=O) groups is 1. The van der Waals surface area contributed by atoms with Gasteiger partial charge in [0.1, 0.15) is 5.82 Å². The van der Waals surface area contributed by atoms with Crippen molar-refractivity contribution in [3.8, 4) is 0 Å². The van der Waals surface area contributed by atoms with Crippen LogP contribution in [0.2, 0.25) is 0 Å². The molecule has 0 spiro atoms. The second-order valence-corrected chi connectivity index (χ2v) is 5.75. The minimum atomic E-state index is -0.472. The Hall–Kier alpha value is -1.62. The normalized spacial score (nSPS) is 14.8. The molecule has 5 heteroatoms. The fraction of sp³-hybridized carbons (Fsp3) is 0.533. The first-order chi connectivity index (χ1) is 9.45. The standard InChI is InChI=1S/C15H22FN3O/c1-10(2)19(8-11-3-4-11)9-15(20)18-12-5-6-13(16)14(17)7-12/h5-7,10-11H,3-4,8-9,17H2,1-2H3,(H,18,20). The molecule has 0 saturated heterocycles. The van der Waals surface area contributed by atoms with E-state index < -0.39 is 5.82 Å². The highest BCUT2D eigenvalue weighted by molar-refractivity contribution is 5.92. The van der Waals surface area contributed by atoms with Crippen molar-refractivity contribution in [3.05, 3.63) is 24.0 Å². The number of nitrogens with one attached hydrogen (secondary N) is 1. The Kier molecular flexibility index (Phi) is 4.60. The van der Waals surface area contributed by atoms with E-state index >= 15 is 0 Å². The molecule has 0 aromatic heterocycles. The summed E-state index contributed by atoms with van der Waals surface area (Å²) in [5, 5.41) is 2.76. The lowest BCUT2D eigenvalue weighted by molar-refractivity contribution is -0.117. The molecule has 1 amide bonds. The van der Waals surface area contributed by atoms with Gasteiger partial charge >= 0.3 is 0 Å². The van der Waals surface area contributed by atoms with Gasteiger partial charge < -0.3 is 11.1 Å². The van der Waals surface area contributed by atoms with E-state index in [9.17, 15) is 9.18 Å². The number of rotatable bonds is 6. The Morgan fingerprint density at radius 2 is 2.20 bits per heavy atom. The first kappa shape index (κ1) is 14.8. The van der Waals surface area contributed by atoms with E-state index in [4.69, 9.17) is 5.73 Å². The molecular weight excluding hydrogens is 257 g/mol. The van der Waals surface area contributed by atoms with E-state index in [1.54, 1.807) is 0 Å². The quantitative estimate of drug-likeness (QED) is 0.786. The molecule has 0 radical (unpaired) electrons. The largest absolute Gasteiger partial charge is 0.396 e.